The number of anilines is 1. The van der Waals surface area contributed by atoms with Gasteiger partial charge in [0, 0.05) is 18.7 Å². The first-order valence-electron chi connectivity index (χ1n) is 7.95. The molecule has 2 aromatic rings. The summed E-state index contributed by atoms with van der Waals surface area (Å²) in [6, 6.07) is 9.65. The van der Waals surface area contributed by atoms with Crippen LogP contribution in [0.5, 0.6) is 0 Å². The van der Waals surface area contributed by atoms with Gasteiger partial charge in [-0.05, 0) is 42.5 Å². The summed E-state index contributed by atoms with van der Waals surface area (Å²) in [5.74, 6) is -2.09. The zero-order valence-corrected chi connectivity index (χ0v) is 13.3. The Kier molecular flexibility index (Phi) is 4.83. The second-order valence-electron chi connectivity index (χ2n) is 6.05. The van der Waals surface area contributed by atoms with Gasteiger partial charge in [0.05, 0.1) is 0 Å². The van der Waals surface area contributed by atoms with Crippen molar-refractivity contribution in [3.8, 4) is 0 Å². The molecule has 2 heterocycles. The van der Waals surface area contributed by atoms with Gasteiger partial charge < -0.3 is 14.4 Å². The first kappa shape index (κ1) is 17.1. The molecule has 25 heavy (non-hydrogen) atoms. The van der Waals surface area contributed by atoms with Crippen LogP contribution in [-0.2, 0) is 11.2 Å². The van der Waals surface area contributed by atoms with E-state index in [4.69, 9.17) is 9.52 Å². The molecule has 3 rings (SSSR count). The number of para-hydroxylation sites is 1. The molecule has 1 aliphatic heterocycles. The smallest absolute Gasteiger partial charge is 0.303 e. The van der Waals surface area contributed by atoms with Crippen LogP contribution in [0.2, 0.25) is 0 Å². The van der Waals surface area contributed by atoms with E-state index in [2.05, 4.69) is 0 Å². The van der Waals surface area contributed by atoms with E-state index >= 15 is 0 Å². The quantitative estimate of drug-likeness (QED) is 0.889. The Morgan fingerprint density at radius 3 is 2.68 bits per heavy atom. The van der Waals surface area contributed by atoms with Gasteiger partial charge in [-0.2, -0.15) is 0 Å². The number of carbonyl (C=O) groups excluding carboxylic acids is 1. The summed E-state index contributed by atoms with van der Waals surface area (Å²) in [5.41, 5.74) is 1.63. The first-order valence-corrected chi connectivity index (χ1v) is 7.95. The average molecular weight is 349 g/mol. The van der Waals surface area contributed by atoms with E-state index in [0.717, 1.165) is 11.6 Å². The molecule has 0 saturated heterocycles. The average Bonchev–Trinajstić information content (AvgIpc) is 3.09. The van der Waals surface area contributed by atoms with Crippen molar-refractivity contribution in [3.05, 3.63) is 53.5 Å². The van der Waals surface area contributed by atoms with Gasteiger partial charge in [-0.1, -0.05) is 18.2 Å². The number of carbonyl (C=O) groups is 2. The summed E-state index contributed by atoms with van der Waals surface area (Å²) in [6.07, 6.45) is -1.65. The highest BCUT2D eigenvalue weighted by Gasteiger charge is 2.31. The molecule has 1 aromatic carbocycles. The van der Waals surface area contributed by atoms with Gasteiger partial charge >= 0.3 is 5.97 Å². The molecule has 0 spiro atoms. The van der Waals surface area contributed by atoms with Crippen molar-refractivity contribution in [2.75, 3.05) is 11.4 Å². The van der Waals surface area contributed by atoms with Crippen LogP contribution in [0.3, 0.4) is 0 Å². The zero-order chi connectivity index (χ0) is 18.0. The van der Waals surface area contributed by atoms with Crippen LogP contribution in [0.15, 0.2) is 40.8 Å². The molecule has 1 amide bonds. The predicted molar refractivity (Wildman–Crippen MR) is 85.8 cm³/mol. The molecule has 0 bridgehead atoms. The number of hydrogen-bond acceptors (Lipinski definition) is 3. The second-order valence-corrected chi connectivity index (χ2v) is 6.05. The molecule has 0 fully saturated rings. The predicted octanol–water partition coefficient (Wildman–Crippen LogP) is 3.90. The number of fused-ring (bicyclic) bond motifs is 1. The SMILES string of the molecule is O=C(O)CCC1Cc2ccccc2N(C(=O)c2ccc(C(F)F)o2)C1. The van der Waals surface area contributed by atoms with Gasteiger partial charge in [0.25, 0.3) is 12.3 Å². The topological polar surface area (TPSA) is 70.8 Å². The van der Waals surface area contributed by atoms with E-state index in [9.17, 15) is 18.4 Å². The number of furan rings is 1. The van der Waals surface area contributed by atoms with Crippen molar-refractivity contribution in [3.63, 3.8) is 0 Å². The van der Waals surface area contributed by atoms with Gasteiger partial charge in [0.15, 0.2) is 11.5 Å². The highest BCUT2D eigenvalue weighted by atomic mass is 19.3. The van der Waals surface area contributed by atoms with Crippen molar-refractivity contribution in [2.45, 2.75) is 25.7 Å². The Labute approximate surface area is 142 Å². The summed E-state index contributed by atoms with van der Waals surface area (Å²) in [4.78, 5) is 25.1. The number of amides is 1. The van der Waals surface area contributed by atoms with E-state index in [1.807, 2.05) is 12.1 Å². The van der Waals surface area contributed by atoms with Crippen LogP contribution in [-0.4, -0.2) is 23.5 Å². The van der Waals surface area contributed by atoms with Crippen molar-refractivity contribution in [1.29, 1.82) is 0 Å². The Morgan fingerprint density at radius 1 is 1.24 bits per heavy atom. The lowest BCUT2D eigenvalue weighted by atomic mass is 9.89. The molecular weight excluding hydrogens is 332 g/mol. The van der Waals surface area contributed by atoms with Gasteiger partial charge in [-0.15, -0.1) is 0 Å². The number of carboxylic acid groups (broad SMARTS) is 1. The summed E-state index contributed by atoms with van der Waals surface area (Å²) in [7, 11) is 0. The summed E-state index contributed by atoms with van der Waals surface area (Å²) < 4.78 is 30.4. The molecule has 1 aliphatic rings. The van der Waals surface area contributed by atoms with Crippen LogP contribution in [0.25, 0.3) is 0 Å². The Morgan fingerprint density at radius 2 is 2.00 bits per heavy atom. The van der Waals surface area contributed by atoms with E-state index in [1.54, 1.807) is 12.1 Å². The number of halogens is 2. The van der Waals surface area contributed by atoms with Crippen LogP contribution >= 0.6 is 0 Å². The van der Waals surface area contributed by atoms with Crippen molar-refractivity contribution < 1.29 is 27.9 Å². The number of rotatable bonds is 5. The molecule has 5 nitrogen and oxygen atoms in total. The van der Waals surface area contributed by atoms with Crippen LogP contribution < -0.4 is 4.90 Å². The number of aliphatic carboxylic acids is 1. The maximum Gasteiger partial charge on any atom is 0.303 e. The number of carboxylic acids is 1. The molecule has 0 saturated carbocycles. The third kappa shape index (κ3) is 3.70. The van der Waals surface area contributed by atoms with E-state index in [-0.39, 0.29) is 18.1 Å². The number of alkyl halides is 2. The summed E-state index contributed by atoms with van der Waals surface area (Å²) in [6.45, 7) is 0.327. The fraction of sp³-hybridized carbons (Fsp3) is 0.333. The molecule has 7 heteroatoms. The molecule has 0 aliphatic carbocycles. The van der Waals surface area contributed by atoms with Gasteiger partial charge in [0.1, 0.15) is 0 Å². The van der Waals surface area contributed by atoms with Crippen LogP contribution in [0.4, 0.5) is 14.5 Å². The van der Waals surface area contributed by atoms with Gasteiger partial charge in [-0.3, -0.25) is 9.59 Å². The molecule has 132 valence electrons. The molecule has 1 N–H and O–H groups in total. The van der Waals surface area contributed by atoms with Crippen molar-refractivity contribution in [1.82, 2.24) is 0 Å². The van der Waals surface area contributed by atoms with E-state index in [1.165, 1.54) is 11.0 Å². The van der Waals surface area contributed by atoms with E-state index in [0.29, 0.717) is 25.1 Å². The van der Waals surface area contributed by atoms with Crippen molar-refractivity contribution in [2.24, 2.45) is 5.92 Å². The third-order valence-corrected chi connectivity index (χ3v) is 4.30. The second kappa shape index (κ2) is 7.04. The van der Waals surface area contributed by atoms with Gasteiger partial charge in [-0.25, -0.2) is 8.78 Å². The van der Waals surface area contributed by atoms with E-state index < -0.39 is 24.1 Å². The first-order chi connectivity index (χ1) is 12.0. The highest BCUT2D eigenvalue weighted by molar-refractivity contribution is 6.05. The standard InChI is InChI=1S/C18H17F2NO4/c19-17(20)14-6-7-15(25-14)18(24)21-10-11(5-8-16(22)23)9-12-3-1-2-4-13(12)21/h1-4,6-7,11,17H,5,8-10H2,(H,22,23). The minimum atomic E-state index is -2.78. The fourth-order valence-electron chi connectivity index (χ4n) is 3.11. The number of hydrogen-bond donors (Lipinski definition) is 1. The lowest BCUT2D eigenvalue weighted by molar-refractivity contribution is -0.137. The lowest BCUT2D eigenvalue weighted by Crippen LogP contribution is -2.40. The minimum absolute atomic E-state index is 0.0144. The molecule has 1 unspecified atom stereocenters. The fourth-order valence-corrected chi connectivity index (χ4v) is 3.11. The zero-order valence-electron chi connectivity index (χ0n) is 13.3. The van der Waals surface area contributed by atoms with Crippen LogP contribution in [0.1, 0.15) is 41.1 Å². The molecule has 0 radical (unpaired) electrons. The third-order valence-electron chi connectivity index (χ3n) is 4.30. The minimum Gasteiger partial charge on any atom is -0.481 e. The monoisotopic (exact) mass is 349 g/mol. The molecular formula is C18H17F2NO4. The Balaban J connectivity index is 1.86. The van der Waals surface area contributed by atoms with Crippen molar-refractivity contribution >= 4 is 17.6 Å². The van der Waals surface area contributed by atoms with Gasteiger partial charge in [0.2, 0.25) is 0 Å². The normalized spacial score (nSPS) is 16.8. The molecule has 1 atom stereocenters. The maximum atomic E-state index is 12.8. The Hall–Kier alpha value is -2.70. The largest absolute Gasteiger partial charge is 0.481 e. The summed E-state index contributed by atoms with van der Waals surface area (Å²) in [5, 5.41) is 8.88. The lowest BCUT2D eigenvalue weighted by Gasteiger charge is -2.34. The number of nitrogens with zero attached hydrogens (tertiary/aromatic N) is 1. The maximum absolute atomic E-state index is 12.8. The Bertz CT molecular complexity index is 787. The van der Waals surface area contributed by atoms with Crippen LogP contribution in [0, 0.1) is 5.92 Å². The molecule has 1 aromatic heterocycles. The summed E-state index contributed by atoms with van der Waals surface area (Å²) >= 11 is 0. The highest BCUT2D eigenvalue weighted by Crippen LogP contribution is 2.33. The number of benzene rings is 1.